The first-order valence-electron chi connectivity index (χ1n) is 18.1. The third-order valence-corrected chi connectivity index (χ3v) is 8.98. The quantitative estimate of drug-likeness (QED) is 0.0558. The Kier molecular flexibility index (Phi) is 16.7. The molecule has 2 aromatic carbocycles. The van der Waals surface area contributed by atoms with Gasteiger partial charge in [-0.25, -0.2) is 4.79 Å². The molecule has 3 rings (SSSR count). The van der Waals surface area contributed by atoms with Crippen LogP contribution in [0.4, 0.5) is 0 Å². The Balaban J connectivity index is 1.89. The number of H-pyrrole nitrogens is 1. The number of carboxylic acid groups (broad SMARTS) is 2. The Morgan fingerprint density at radius 2 is 1.23 bits per heavy atom. The number of aliphatic hydroxyl groups excluding tert-OH is 1. The number of aliphatic hydroxyl groups is 1. The number of carboxylic acids is 2. The fourth-order valence-electron chi connectivity index (χ4n) is 5.87. The highest BCUT2D eigenvalue weighted by Gasteiger charge is 2.35. The molecule has 0 spiro atoms. The average molecular weight is 795 g/mol. The van der Waals surface area contributed by atoms with Crippen molar-refractivity contribution in [1.29, 1.82) is 0 Å². The van der Waals surface area contributed by atoms with Gasteiger partial charge in [0.2, 0.25) is 35.4 Å². The summed E-state index contributed by atoms with van der Waals surface area (Å²) in [6.45, 7) is 4.34. The van der Waals surface area contributed by atoms with Gasteiger partial charge in [-0.3, -0.25) is 33.6 Å². The minimum absolute atomic E-state index is 0.118. The Hall–Kier alpha value is -6.34. The van der Waals surface area contributed by atoms with Gasteiger partial charge in [-0.05, 0) is 36.5 Å². The van der Waals surface area contributed by atoms with Gasteiger partial charge in [0.1, 0.15) is 30.2 Å². The predicted molar refractivity (Wildman–Crippen MR) is 205 cm³/mol. The van der Waals surface area contributed by atoms with E-state index in [0.29, 0.717) is 11.1 Å². The van der Waals surface area contributed by atoms with Crippen molar-refractivity contribution < 1.29 is 53.7 Å². The minimum atomic E-state index is -1.77. The Morgan fingerprint density at radius 1 is 0.684 bits per heavy atom. The van der Waals surface area contributed by atoms with Crippen molar-refractivity contribution in [3.63, 3.8) is 0 Å². The Bertz CT molecular complexity index is 1920. The maximum absolute atomic E-state index is 13.8. The molecule has 0 aliphatic heterocycles. The van der Waals surface area contributed by atoms with Crippen molar-refractivity contribution in [2.45, 2.75) is 95.2 Å². The Morgan fingerprint density at radius 3 is 1.82 bits per heavy atom. The number of carbonyl (C=O) groups excluding carboxylic acids is 6. The summed E-state index contributed by atoms with van der Waals surface area (Å²) in [6.07, 6.45) is -1.89. The van der Waals surface area contributed by atoms with Gasteiger partial charge in [0.15, 0.2) is 0 Å². The van der Waals surface area contributed by atoms with Gasteiger partial charge >= 0.3 is 11.9 Å². The number of aromatic amines is 1. The number of aromatic nitrogens is 1. The van der Waals surface area contributed by atoms with E-state index in [1.807, 2.05) is 0 Å². The summed E-state index contributed by atoms with van der Waals surface area (Å²) >= 11 is 0. The van der Waals surface area contributed by atoms with Crippen molar-refractivity contribution in [2.24, 2.45) is 17.4 Å². The zero-order chi connectivity index (χ0) is 42.4. The van der Waals surface area contributed by atoms with Crippen LogP contribution in [0.1, 0.15) is 51.2 Å². The van der Waals surface area contributed by atoms with Gasteiger partial charge in [-0.2, -0.15) is 0 Å². The van der Waals surface area contributed by atoms with E-state index in [1.165, 1.54) is 6.92 Å². The second kappa shape index (κ2) is 21.1. The van der Waals surface area contributed by atoms with Crippen LogP contribution in [-0.4, -0.2) is 110 Å². The van der Waals surface area contributed by atoms with E-state index >= 15 is 0 Å². The molecule has 308 valence electrons. The highest BCUT2D eigenvalue weighted by atomic mass is 16.4. The summed E-state index contributed by atoms with van der Waals surface area (Å²) in [5.74, 6) is -8.91. The molecule has 6 amide bonds. The topological polar surface area (TPSA) is 325 Å². The molecule has 0 aliphatic rings. The zero-order valence-corrected chi connectivity index (χ0v) is 31.7. The number of hydrogen-bond donors (Lipinski definition) is 11. The SMILES string of the molecule is CC(C)[C@H](NC(=O)[C@H](Cc1c[nH]c2ccccc12)NC(=O)[C@@H](NC(=O)[C@H](CCC(=O)O)NC(=O)[C@H](Cc1ccccc1)NC(=O)[C@@H](N)CC(N)=O)[C@@H](C)O)C(=O)O. The second-order valence-corrected chi connectivity index (χ2v) is 13.9. The zero-order valence-electron chi connectivity index (χ0n) is 31.7. The lowest BCUT2D eigenvalue weighted by molar-refractivity contribution is -0.143. The van der Waals surface area contributed by atoms with Gasteiger partial charge in [0.25, 0.3) is 0 Å². The van der Waals surface area contributed by atoms with Crippen LogP contribution in [0, 0.1) is 5.92 Å². The number of carbonyl (C=O) groups is 8. The van der Waals surface area contributed by atoms with Gasteiger partial charge in [-0.15, -0.1) is 0 Å². The molecule has 1 aromatic heterocycles. The normalized spacial score (nSPS) is 14.8. The fraction of sp³-hybridized carbons (Fsp3) is 0.421. The van der Waals surface area contributed by atoms with Crippen molar-refractivity contribution >= 4 is 58.3 Å². The minimum Gasteiger partial charge on any atom is -0.481 e. The second-order valence-electron chi connectivity index (χ2n) is 13.9. The van der Waals surface area contributed by atoms with Crippen LogP contribution in [0.25, 0.3) is 10.9 Å². The van der Waals surface area contributed by atoms with Gasteiger partial charge in [0.05, 0.1) is 18.6 Å². The van der Waals surface area contributed by atoms with Crippen molar-refractivity contribution in [2.75, 3.05) is 0 Å². The fourth-order valence-corrected chi connectivity index (χ4v) is 5.87. The van der Waals surface area contributed by atoms with Crippen molar-refractivity contribution in [1.82, 2.24) is 31.6 Å². The number of hydrogen-bond acceptors (Lipinski definition) is 10. The van der Waals surface area contributed by atoms with Crippen LogP contribution < -0.4 is 38.1 Å². The molecule has 3 aromatic rings. The van der Waals surface area contributed by atoms with E-state index in [2.05, 4.69) is 31.6 Å². The highest BCUT2D eigenvalue weighted by molar-refractivity contribution is 5.97. The third kappa shape index (κ3) is 13.7. The molecule has 0 bridgehead atoms. The highest BCUT2D eigenvalue weighted by Crippen LogP contribution is 2.20. The number of amides is 6. The number of para-hydroxylation sites is 1. The molecule has 19 heteroatoms. The smallest absolute Gasteiger partial charge is 0.326 e. The van der Waals surface area contributed by atoms with E-state index in [0.717, 1.165) is 10.9 Å². The molecule has 0 fully saturated rings. The van der Waals surface area contributed by atoms with Crippen LogP contribution in [-0.2, 0) is 51.2 Å². The maximum atomic E-state index is 13.8. The number of benzene rings is 2. The number of aliphatic carboxylic acids is 2. The van der Waals surface area contributed by atoms with E-state index in [1.54, 1.807) is 74.6 Å². The first kappa shape index (κ1) is 45.1. The van der Waals surface area contributed by atoms with Crippen LogP contribution in [0.15, 0.2) is 60.8 Å². The lowest BCUT2D eigenvalue weighted by atomic mass is 10.0. The molecular weight excluding hydrogens is 744 g/mol. The van der Waals surface area contributed by atoms with Crippen LogP contribution >= 0.6 is 0 Å². The summed E-state index contributed by atoms with van der Waals surface area (Å²) in [4.78, 5) is 106. The maximum Gasteiger partial charge on any atom is 0.326 e. The number of nitrogens with two attached hydrogens (primary N) is 2. The largest absolute Gasteiger partial charge is 0.481 e. The molecule has 0 unspecified atom stereocenters. The molecule has 0 saturated carbocycles. The average Bonchev–Trinajstić information content (AvgIpc) is 3.55. The predicted octanol–water partition coefficient (Wildman–Crippen LogP) is -1.43. The molecule has 19 nitrogen and oxygen atoms in total. The van der Waals surface area contributed by atoms with E-state index in [4.69, 9.17) is 11.5 Å². The van der Waals surface area contributed by atoms with Crippen LogP contribution in [0.5, 0.6) is 0 Å². The van der Waals surface area contributed by atoms with E-state index in [9.17, 15) is 53.7 Å². The number of nitrogens with one attached hydrogen (secondary N) is 6. The van der Waals surface area contributed by atoms with Crippen molar-refractivity contribution in [3.05, 3.63) is 71.9 Å². The molecular formula is C38H50N8O11. The molecule has 57 heavy (non-hydrogen) atoms. The molecule has 13 N–H and O–H groups in total. The lowest BCUT2D eigenvalue weighted by Crippen LogP contribution is -2.62. The van der Waals surface area contributed by atoms with Crippen LogP contribution in [0.2, 0.25) is 0 Å². The molecule has 0 saturated heterocycles. The monoisotopic (exact) mass is 794 g/mol. The van der Waals surface area contributed by atoms with E-state index in [-0.39, 0.29) is 12.8 Å². The molecule has 0 aliphatic carbocycles. The molecule has 1 heterocycles. The molecule has 7 atom stereocenters. The lowest BCUT2D eigenvalue weighted by Gasteiger charge is -2.28. The molecule has 0 radical (unpaired) electrons. The summed E-state index contributed by atoms with van der Waals surface area (Å²) < 4.78 is 0. The summed E-state index contributed by atoms with van der Waals surface area (Å²) in [5, 5.41) is 42.6. The first-order chi connectivity index (χ1) is 26.9. The van der Waals surface area contributed by atoms with E-state index < -0.39 is 115 Å². The number of fused-ring (bicyclic) bond motifs is 1. The summed E-state index contributed by atoms with van der Waals surface area (Å²) in [6, 6.07) is 6.58. The van der Waals surface area contributed by atoms with Crippen molar-refractivity contribution in [3.8, 4) is 0 Å². The van der Waals surface area contributed by atoms with Gasteiger partial charge in [0, 0.05) is 36.4 Å². The standard InChI is InChI=1S/C38H50N8O11/c1-19(2)31(38(56)57)45-36(54)28(16-22-18-41-25-12-8-7-11-23(22)25)44-37(55)32(20(3)47)46-34(52)26(13-14-30(49)50)42-35(53)27(15-21-9-5-4-6-10-21)43-33(51)24(39)17-29(40)48/h4-12,18-20,24,26-28,31-32,41,47H,13-17,39H2,1-3H3,(H2,40,48)(H,42,53)(H,43,51)(H,44,55)(H,45,54)(H,46,52)(H,49,50)(H,56,57)/t20-,24+,26+,27+,28+,31+,32+/m1/s1. The number of rotatable bonds is 22. The summed E-state index contributed by atoms with van der Waals surface area (Å²) in [5.41, 5.74) is 12.8. The Labute approximate surface area is 327 Å². The van der Waals surface area contributed by atoms with Crippen LogP contribution in [0.3, 0.4) is 0 Å². The number of primary amides is 1. The van der Waals surface area contributed by atoms with Gasteiger partial charge in [-0.1, -0.05) is 62.4 Å². The van der Waals surface area contributed by atoms with Gasteiger partial charge < -0.3 is 58.4 Å². The summed E-state index contributed by atoms with van der Waals surface area (Å²) in [7, 11) is 0. The first-order valence-corrected chi connectivity index (χ1v) is 18.1. The third-order valence-electron chi connectivity index (χ3n) is 8.98.